The van der Waals surface area contributed by atoms with Gasteiger partial charge in [0, 0.05) is 6.61 Å². The Morgan fingerprint density at radius 3 is 2.46 bits per heavy atom. The molecular formula is C10H22O3. The number of hydrogen-bond acceptors (Lipinski definition) is 3. The van der Waals surface area contributed by atoms with Crippen LogP contribution < -0.4 is 0 Å². The zero-order chi connectivity index (χ0) is 10.1. The predicted molar refractivity (Wildman–Crippen MR) is 52.3 cm³/mol. The SMILES string of the molecule is CCCCOC(C)OC(O)CCC. The molecule has 0 aromatic carbocycles. The lowest BCUT2D eigenvalue weighted by molar-refractivity contribution is -0.222. The van der Waals surface area contributed by atoms with Crippen LogP contribution in [0.15, 0.2) is 0 Å². The summed E-state index contributed by atoms with van der Waals surface area (Å²) in [6, 6.07) is 0. The Balaban J connectivity index is 3.32. The summed E-state index contributed by atoms with van der Waals surface area (Å²) in [4.78, 5) is 0. The van der Waals surface area contributed by atoms with Crippen LogP contribution in [0.5, 0.6) is 0 Å². The van der Waals surface area contributed by atoms with Crippen LogP contribution in [0.1, 0.15) is 46.5 Å². The first-order valence-electron chi connectivity index (χ1n) is 5.15. The largest absolute Gasteiger partial charge is 0.368 e. The third-order valence-corrected chi connectivity index (χ3v) is 1.73. The van der Waals surface area contributed by atoms with Crippen LogP contribution in [-0.4, -0.2) is 24.3 Å². The van der Waals surface area contributed by atoms with Gasteiger partial charge in [0.25, 0.3) is 0 Å². The van der Waals surface area contributed by atoms with Crippen LogP contribution >= 0.6 is 0 Å². The lowest BCUT2D eigenvalue weighted by Crippen LogP contribution is -2.22. The molecule has 0 aliphatic rings. The molecule has 0 aromatic heterocycles. The fraction of sp³-hybridized carbons (Fsp3) is 1.00. The van der Waals surface area contributed by atoms with Crippen molar-refractivity contribution in [2.75, 3.05) is 6.61 Å². The fourth-order valence-electron chi connectivity index (χ4n) is 0.969. The molecule has 0 aliphatic carbocycles. The average Bonchev–Trinajstić information content (AvgIpc) is 2.05. The maximum Gasteiger partial charge on any atom is 0.157 e. The van der Waals surface area contributed by atoms with Crippen molar-refractivity contribution in [1.29, 1.82) is 0 Å². The van der Waals surface area contributed by atoms with Gasteiger partial charge in [-0.05, 0) is 19.8 Å². The van der Waals surface area contributed by atoms with Crippen molar-refractivity contribution in [1.82, 2.24) is 0 Å². The topological polar surface area (TPSA) is 38.7 Å². The van der Waals surface area contributed by atoms with Crippen LogP contribution in [-0.2, 0) is 9.47 Å². The van der Waals surface area contributed by atoms with E-state index in [1.54, 1.807) is 0 Å². The van der Waals surface area contributed by atoms with Gasteiger partial charge in [0.1, 0.15) is 0 Å². The Kier molecular flexibility index (Phi) is 8.40. The lowest BCUT2D eigenvalue weighted by atomic mass is 10.3. The van der Waals surface area contributed by atoms with Crippen LogP contribution in [0.4, 0.5) is 0 Å². The molecule has 0 fully saturated rings. The number of rotatable bonds is 8. The molecule has 13 heavy (non-hydrogen) atoms. The highest BCUT2D eigenvalue weighted by molar-refractivity contribution is 4.41. The van der Waals surface area contributed by atoms with Crippen LogP contribution in [0.3, 0.4) is 0 Å². The Bertz CT molecular complexity index is 106. The Labute approximate surface area is 81.0 Å². The Morgan fingerprint density at radius 1 is 1.23 bits per heavy atom. The minimum Gasteiger partial charge on any atom is -0.368 e. The smallest absolute Gasteiger partial charge is 0.157 e. The van der Waals surface area contributed by atoms with Gasteiger partial charge in [0.15, 0.2) is 12.6 Å². The summed E-state index contributed by atoms with van der Waals surface area (Å²) >= 11 is 0. The Hall–Kier alpha value is -0.120. The number of aliphatic hydroxyl groups excluding tert-OH is 1. The molecule has 2 unspecified atom stereocenters. The molecule has 0 saturated carbocycles. The maximum atomic E-state index is 9.27. The summed E-state index contributed by atoms with van der Waals surface area (Å²) in [6.07, 6.45) is 2.77. The number of ether oxygens (including phenoxy) is 2. The minimum absolute atomic E-state index is 0.298. The number of hydrogen-bond donors (Lipinski definition) is 1. The molecule has 3 heteroatoms. The van der Waals surface area contributed by atoms with Crippen LogP contribution in [0.2, 0.25) is 0 Å². The van der Waals surface area contributed by atoms with Crippen LogP contribution in [0, 0.1) is 0 Å². The van der Waals surface area contributed by atoms with E-state index in [1.165, 1.54) is 0 Å². The van der Waals surface area contributed by atoms with E-state index in [2.05, 4.69) is 6.92 Å². The van der Waals surface area contributed by atoms with Crippen molar-refractivity contribution < 1.29 is 14.6 Å². The standard InChI is InChI=1S/C10H22O3/c1-4-6-8-12-9(3)13-10(11)7-5-2/h9-11H,4-8H2,1-3H3. The molecule has 0 bridgehead atoms. The van der Waals surface area contributed by atoms with Crippen LogP contribution in [0.25, 0.3) is 0 Å². The second-order valence-electron chi connectivity index (χ2n) is 3.17. The van der Waals surface area contributed by atoms with E-state index in [-0.39, 0.29) is 6.29 Å². The average molecular weight is 190 g/mol. The van der Waals surface area contributed by atoms with Gasteiger partial charge >= 0.3 is 0 Å². The minimum atomic E-state index is -0.679. The van der Waals surface area contributed by atoms with Crippen molar-refractivity contribution in [3.05, 3.63) is 0 Å². The van der Waals surface area contributed by atoms with Gasteiger partial charge in [-0.3, -0.25) is 0 Å². The zero-order valence-electron chi connectivity index (χ0n) is 8.95. The van der Waals surface area contributed by atoms with Gasteiger partial charge < -0.3 is 14.6 Å². The van der Waals surface area contributed by atoms with E-state index in [4.69, 9.17) is 9.47 Å². The second-order valence-corrected chi connectivity index (χ2v) is 3.17. The molecule has 0 spiro atoms. The summed E-state index contributed by atoms with van der Waals surface area (Å²) in [7, 11) is 0. The van der Waals surface area contributed by atoms with E-state index < -0.39 is 6.29 Å². The maximum absolute atomic E-state index is 9.27. The summed E-state index contributed by atoms with van der Waals surface area (Å²) in [5.74, 6) is 0. The summed E-state index contributed by atoms with van der Waals surface area (Å²) < 4.78 is 10.5. The van der Waals surface area contributed by atoms with Crippen molar-refractivity contribution >= 4 is 0 Å². The third-order valence-electron chi connectivity index (χ3n) is 1.73. The van der Waals surface area contributed by atoms with Gasteiger partial charge in [0.05, 0.1) is 0 Å². The molecular weight excluding hydrogens is 168 g/mol. The molecule has 0 radical (unpaired) electrons. The van der Waals surface area contributed by atoms with Gasteiger partial charge in [-0.2, -0.15) is 0 Å². The zero-order valence-corrected chi connectivity index (χ0v) is 8.95. The summed E-state index contributed by atoms with van der Waals surface area (Å²) in [5, 5.41) is 9.27. The molecule has 0 aliphatic heterocycles. The van der Waals surface area contributed by atoms with E-state index in [0.717, 1.165) is 19.3 Å². The fourth-order valence-corrected chi connectivity index (χ4v) is 0.969. The molecule has 0 heterocycles. The first kappa shape index (κ1) is 12.9. The van der Waals surface area contributed by atoms with E-state index in [9.17, 15) is 5.11 Å². The third kappa shape index (κ3) is 8.22. The summed E-state index contributed by atoms with van der Waals surface area (Å²) in [5.41, 5.74) is 0. The predicted octanol–water partition coefficient (Wildman–Crippen LogP) is 2.28. The second kappa shape index (κ2) is 8.48. The molecule has 3 nitrogen and oxygen atoms in total. The van der Waals surface area contributed by atoms with E-state index in [0.29, 0.717) is 13.0 Å². The monoisotopic (exact) mass is 190 g/mol. The highest BCUT2D eigenvalue weighted by Gasteiger charge is 2.08. The molecule has 0 aromatic rings. The molecule has 80 valence electrons. The number of aliphatic hydroxyl groups is 1. The quantitative estimate of drug-likeness (QED) is 0.471. The van der Waals surface area contributed by atoms with Crippen molar-refractivity contribution in [3.63, 3.8) is 0 Å². The van der Waals surface area contributed by atoms with Gasteiger partial charge in [-0.15, -0.1) is 0 Å². The Morgan fingerprint density at radius 2 is 1.92 bits per heavy atom. The van der Waals surface area contributed by atoms with Crippen molar-refractivity contribution in [2.45, 2.75) is 59.0 Å². The van der Waals surface area contributed by atoms with Crippen molar-refractivity contribution in [2.24, 2.45) is 0 Å². The van der Waals surface area contributed by atoms with Gasteiger partial charge in [-0.25, -0.2) is 0 Å². The van der Waals surface area contributed by atoms with E-state index >= 15 is 0 Å². The molecule has 0 saturated heterocycles. The van der Waals surface area contributed by atoms with Crippen molar-refractivity contribution in [3.8, 4) is 0 Å². The molecule has 0 amide bonds. The highest BCUT2D eigenvalue weighted by atomic mass is 16.7. The highest BCUT2D eigenvalue weighted by Crippen LogP contribution is 2.04. The molecule has 1 N–H and O–H groups in total. The van der Waals surface area contributed by atoms with Gasteiger partial charge in [-0.1, -0.05) is 26.7 Å². The number of unbranched alkanes of at least 4 members (excludes halogenated alkanes) is 1. The van der Waals surface area contributed by atoms with Gasteiger partial charge in [0.2, 0.25) is 0 Å². The first-order valence-corrected chi connectivity index (χ1v) is 5.15. The lowest BCUT2D eigenvalue weighted by Gasteiger charge is -2.17. The normalized spacial score (nSPS) is 15.7. The molecule has 2 atom stereocenters. The molecule has 0 rings (SSSR count). The summed E-state index contributed by atoms with van der Waals surface area (Å²) in [6.45, 7) is 6.64. The first-order chi connectivity index (χ1) is 6.20. The van der Waals surface area contributed by atoms with E-state index in [1.807, 2.05) is 13.8 Å².